The van der Waals surface area contributed by atoms with Crippen LogP contribution in [-0.2, 0) is 4.74 Å². The topological polar surface area (TPSA) is 21.3 Å². The zero-order valence-corrected chi connectivity index (χ0v) is 7.01. The van der Waals surface area contributed by atoms with Gasteiger partial charge in [-0.25, -0.2) is 0 Å². The van der Waals surface area contributed by atoms with Crippen LogP contribution >= 0.6 is 0 Å². The van der Waals surface area contributed by atoms with Gasteiger partial charge in [-0.2, -0.15) is 0 Å². The van der Waals surface area contributed by atoms with Gasteiger partial charge in [0.1, 0.15) is 0 Å². The predicted molar refractivity (Wildman–Crippen MR) is 44.6 cm³/mol. The van der Waals surface area contributed by atoms with Gasteiger partial charge in [0.2, 0.25) is 0 Å². The minimum Gasteiger partial charge on any atom is -0.381 e. The summed E-state index contributed by atoms with van der Waals surface area (Å²) < 4.78 is 5.29. The van der Waals surface area contributed by atoms with Crippen LogP contribution in [0, 0.1) is 5.92 Å². The van der Waals surface area contributed by atoms with E-state index in [1.54, 1.807) is 0 Å². The Balaban J connectivity index is 1.59. The molecular formula is C9H17NO. The SMILES string of the molecule is C1CC(CNC2CC2)CCO1. The molecule has 0 bridgehead atoms. The Morgan fingerprint density at radius 1 is 1.09 bits per heavy atom. The summed E-state index contributed by atoms with van der Waals surface area (Å²) in [6.07, 6.45) is 5.34. The third-order valence-corrected chi connectivity index (χ3v) is 2.61. The fraction of sp³-hybridized carbons (Fsp3) is 1.00. The van der Waals surface area contributed by atoms with E-state index in [0.29, 0.717) is 0 Å². The molecule has 1 saturated heterocycles. The summed E-state index contributed by atoms with van der Waals surface area (Å²) in [5.74, 6) is 0.893. The van der Waals surface area contributed by atoms with Crippen molar-refractivity contribution in [1.29, 1.82) is 0 Å². The Labute approximate surface area is 68.3 Å². The number of rotatable bonds is 3. The average Bonchev–Trinajstić information content (AvgIpc) is 2.86. The molecule has 2 nitrogen and oxygen atoms in total. The van der Waals surface area contributed by atoms with Crippen molar-refractivity contribution in [2.45, 2.75) is 31.7 Å². The number of hydrogen-bond acceptors (Lipinski definition) is 2. The maximum Gasteiger partial charge on any atom is 0.0469 e. The maximum atomic E-state index is 5.29. The molecule has 1 heterocycles. The highest BCUT2D eigenvalue weighted by atomic mass is 16.5. The van der Waals surface area contributed by atoms with Crippen LogP contribution in [0.3, 0.4) is 0 Å². The molecule has 11 heavy (non-hydrogen) atoms. The molecule has 0 unspecified atom stereocenters. The van der Waals surface area contributed by atoms with Gasteiger partial charge in [0, 0.05) is 19.3 Å². The summed E-state index contributed by atoms with van der Waals surface area (Å²) in [6.45, 7) is 3.20. The standard InChI is InChI=1S/C9H17NO/c1-2-9(1)10-7-8-3-5-11-6-4-8/h8-10H,1-7H2. The molecule has 2 fully saturated rings. The van der Waals surface area contributed by atoms with Crippen molar-refractivity contribution < 1.29 is 4.74 Å². The highest BCUT2D eigenvalue weighted by Gasteiger charge is 2.22. The lowest BCUT2D eigenvalue weighted by atomic mass is 10.0. The summed E-state index contributed by atoms with van der Waals surface area (Å²) in [5, 5.41) is 3.57. The van der Waals surface area contributed by atoms with E-state index in [9.17, 15) is 0 Å². The normalized spacial score (nSPS) is 27.3. The van der Waals surface area contributed by atoms with E-state index in [0.717, 1.165) is 25.2 Å². The molecule has 0 aromatic carbocycles. The quantitative estimate of drug-likeness (QED) is 0.660. The van der Waals surface area contributed by atoms with Crippen LogP contribution in [0.1, 0.15) is 25.7 Å². The average molecular weight is 155 g/mol. The molecule has 0 atom stereocenters. The summed E-state index contributed by atoms with van der Waals surface area (Å²) >= 11 is 0. The second-order valence-corrected chi connectivity index (χ2v) is 3.74. The van der Waals surface area contributed by atoms with Gasteiger partial charge in [-0.15, -0.1) is 0 Å². The smallest absolute Gasteiger partial charge is 0.0469 e. The van der Waals surface area contributed by atoms with Crippen LogP contribution in [0.5, 0.6) is 0 Å². The Kier molecular flexibility index (Phi) is 2.44. The van der Waals surface area contributed by atoms with Crippen LogP contribution in [0.15, 0.2) is 0 Å². The largest absolute Gasteiger partial charge is 0.381 e. The van der Waals surface area contributed by atoms with E-state index in [1.165, 1.54) is 32.2 Å². The molecule has 2 heteroatoms. The predicted octanol–water partition coefficient (Wildman–Crippen LogP) is 1.16. The minimum absolute atomic E-state index is 0.873. The molecule has 0 spiro atoms. The fourth-order valence-electron chi connectivity index (χ4n) is 1.57. The van der Waals surface area contributed by atoms with Crippen molar-refractivity contribution in [3.8, 4) is 0 Å². The molecule has 2 rings (SSSR count). The zero-order chi connectivity index (χ0) is 7.52. The van der Waals surface area contributed by atoms with Crippen LogP contribution in [-0.4, -0.2) is 25.8 Å². The number of nitrogens with one attached hydrogen (secondary N) is 1. The van der Waals surface area contributed by atoms with E-state index in [1.807, 2.05) is 0 Å². The molecule has 0 aromatic rings. The molecular weight excluding hydrogens is 138 g/mol. The first kappa shape index (κ1) is 7.56. The Morgan fingerprint density at radius 3 is 2.45 bits per heavy atom. The van der Waals surface area contributed by atoms with Crippen molar-refractivity contribution in [2.75, 3.05) is 19.8 Å². The maximum absolute atomic E-state index is 5.29. The Morgan fingerprint density at radius 2 is 1.82 bits per heavy atom. The highest BCUT2D eigenvalue weighted by Crippen LogP contribution is 2.20. The van der Waals surface area contributed by atoms with E-state index in [-0.39, 0.29) is 0 Å². The summed E-state index contributed by atoms with van der Waals surface area (Å²) in [5.41, 5.74) is 0. The van der Waals surface area contributed by atoms with Crippen molar-refractivity contribution in [2.24, 2.45) is 5.92 Å². The summed E-state index contributed by atoms with van der Waals surface area (Å²) in [7, 11) is 0. The third-order valence-electron chi connectivity index (χ3n) is 2.61. The first-order chi connectivity index (χ1) is 5.45. The van der Waals surface area contributed by atoms with E-state index in [4.69, 9.17) is 4.74 Å². The van der Waals surface area contributed by atoms with Gasteiger partial charge in [-0.1, -0.05) is 0 Å². The summed E-state index contributed by atoms with van der Waals surface area (Å²) in [6, 6.07) is 0.873. The lowest BCUT2D eigenvalue weighted by Gasteiger charge is -2.22. The van der Waals surface area contributed by atoms with Gasteiger partial charge >= 0.3 is 0 Å². The first-order valence-corrected chi connectivity index (χ1v) is 4.76. The molecule has 0 radical (unpaired) electrons. The lowest BCUT2D eigenvalue weighted by molar-refractivity contribution is 0.0662. The molecule has 1 saturated carbocycles. The van der Waals surface area contributed by atoms with Crippen LogP contribution in [0.25, 0.3) is 0 Å². The third kappa shape index (κ3) is 2.46. The molecule has 1 aliphatic carbocycles. The molecule has 1 N–H and O–H groups in total. The van der Waals surface area contributed by atoms with Crippen molar-refractivity contribution in [3.63, 3.8) is 0 Å². The van der Waals surface area contributed by atoms with Crippen molar-refractivity contribution >= 4 is 0 Å². The molecule has 2 aliphatic rings. The van der Waals surface area contributed by atoms with Crippen LogP contribution in [0.2, 0.25) is 0 Å². The van der Waals surface area contributed by atoms with Crippen molar-refractivity contribution in [1.82, 2.24) is 5.32 Å². The van der Waals surface area contributed by atoms with Gasteiger partial charge in [0.05, 0.1) is 0 Å². The first-order valence-electron chi connectivity index (χ1n) is 4.76. The van der Waals surface area contributed by atoms with Gasteiger partial charge in [-0.05, 0) is 38.1 Å². The minimum atomic E-state index is 0.873. The molecule has 0 amide bonds. The number of ether oxygens (including phenoxy) is 1. The Bertz CT molecular complexity index is 117. The van der Waals surface area contributed by atoms with Gasteiger partial charge in [-0.3, -0.25) is 0 Å². The van der Waals surface area contributed by atoms with E-state index < -0.39 is 0 Å². The van der Waals surface area contributed by atoms with Gasteiger partial charge < -0.3 is 10.1 Å². The van der Waals surface area contributed by atoms with Crippen molar-refractivity contribution in [3.05, 3.63) is 0 Å². The fourth-order valence-corrected chi connectivity index (χ4v) is 1.57. The molecule has 0 aromatic heterocycles. The molecule has 64 valence electrons. The Hall–Kier alpha value is -0.0800. The van der Waals surface area contributed by atoms with Crippen LogP contribution in [0.4, 0.5) is 0 Å². The zero-order valence-electron chi connectivity index (χ0n) is 7.01. The van der Waals surface area contributed by atoms with Gasteiger partial charge in [0.15, 0.2) is 0 Å². The summed E-state index contributed by atoms with van der Waals surface area (Å²) in [4.78, 5) is 0. The van der Waals surface area contributed by atoms with Crippen LogP contribution < -0.4 is 5.32 Å². The van der Waals surface area contributed by atoms with Gasteiger partial charge in [0.25, 0.3) is 0 Å². The second kappa shape index (κ2) is 3.55. The number of hydrogen-bond donors (Lipinski definition) is 1. The monoisotopic (exact) mass is 155 g/mol. The molecule has 1 aliphatic heterocycles. The lowest BCUT2D eigenvalue weighted by Crippen LogP contribution is -2.28. The van der Waals surface area contributed by atoms with E-state index >= 15 is 0 Å². The second-order valence-electron chi connectivity index (χ2n) is 3.74. The highest BCUT2D eigenvalue weighted by molar-refractivity contribution is 4.82. The van der Waals surface area contributed by atoms with E-state index in [2.05, 4.69) is 5.32 Å².